The van der Waals surface area contributed by atoms with Gasteiger partial charge in [0, 0.05) is 17.5 Å². The van der Waals surface area contributed by atoms with E-state index in [4.69, 9.17) is 9.47 Å². The number of hydrogen-bond donors (Lipinski definition) is 0. The van der Waals surface area contributed by atoms with Crippen molar-refractivity contribution in [3.05, 3.63) is 48.5 Å². The Morgan fingerprint density at radius 1 is 0.800 bits per heavy atom. The molecule has 0 spiro atoms. The van der Waals surface area contributed by atoms with E-state index in [9.17, 15) is 0 Å². The molecule has 2 nitrogen and oxygen atoms in total. The first-order valence-electron chi connectivity index (χ1n) is 7.40. The molecule has 0 fully saturated rings. The average molecular weight is 268 g/mol. The summed E-state index contributed by atoms with van der Waals surface area (Å²) in [7, 11) is 0. The zero-order chi connectivity index (χ0) is 13.8. The Balaban J connectivity index is 1.92. The SMILES string of the molecule is CCCCCC1Oc2ccccc2-c2ccccc2O1. The van der Waals surface area contributed by atoms with Crippen molar-refractivity contribution in [2.75, 3.05) is 0 Å². The van der Waals surface area contributed by atoms with Gasteiger partial charge in [0.2, 0.25) is 6.29 Å². The fraction of sp³-hybridized carbons (Fsp3) is 0.333. The summed E-state index contributed by atoms with van der Waals surface area (Å²) in [5.74, 6) is 1.83. The Kier molecular flexibility index (Phi) is 3.91. The summed E-state index contributed by atoms with van der Waals surface area (Å²) in [6, 6.07) is 16.3. The summed E-state index contributed by atoms with van der Waals surface area (Å²) in [4.78, 5) is 0. The van der Waals surface area contributed by atoms with Crippen molar-refractivity contribution >= 4 is 0 Å². The predicted molar refractivity (Wildman–Crippen MR) is 81.1 cm³/mol. The van der Waals surface area contributed by atoms with Crippen LogP contribution in [-0.4, -0.2) is 6.29 Å². The van der Waals surface area contributed by atoms with Crippen molar-refractivity contribution < 1.29 is 9.47 Å². The molecule has 2 heteroatoms. The molecular formula is C18H20O2. The van der Waals surface area contributed by atoms with Gasteiger partial charge >= 0.3 is 0 Å². The molecule has 1 aliphatic heterocycles. The lowest BCUT2D eigenvalue weighted by atomic mass is 10.0. The van der Waals surface area contributed by atoms with Gasteiger partial charge in [-0.05, 0) is 18.6 Å². The van der Waals surface area contributed by atoms with Gasteiger partial charge in [-0.2, -0.15) is 0 Å². The summed E-state index contributed by atoms with van der Waals surface area (Å²) in [5, 5.41) is 0. The van der Waals surface area contributed by atoms with Crippen molar-refractivity contribution in [2.45, 2.75) is 38.9 Å². The summed E-state index contributed by atoms with van der Waals surface area (Å²) in [5.41, 5.74) is 2.22. The van der Waals surface area contributed by atoms with Gasteiger partial charge in [0.1, 0.15) is 11.5 Å². The smallest absolute Gasteiger partial charge is 0.241 e. The zero-order valence-corrected chi connectivity index (χ0v) is 11.8. The monoisotopic (exact) mass is 268 g/mol. The zero-order valence-electron chi connectivity index (χ0n) is 11.8. The number of rotatable bonds is 4. The van der Waals surface area contributed by atoms with E-state index in [0.29, 0.717) is 0 Å². The predicted octanol–water partition coefficient (Wildman–Crippen LogP) is 5.03. The van der Waals surface area contributed by atoms with Gasteiger partial charge in [0.15, 0.2) is 0 Å². The summed E-state index contributed by atoms with van der Waals surface area (Å²) in [6.45, 7) is 2.21. The molecule has 0 atom stereocenters. The number of para-hydroxylation sites is 2. The lowest BCUT2D eigenvalue weighted by Gasteiger charge is -2.18. The third-order valence-electron chi connectivity index (χ3n) is 3.62. The number of hydrogen-bond acceptors (Lipinski definition) is 2. The Morgan fingerprint density at radius 2 is 1.35 bits per heavy atom. The van der Waals surface area contributed by atoms with Crippen LogP contribution in [0.15, 0.2) is 48.5 Å². The Labute approximate surface area is 120 Å². The first-order chi connectivity index (χ1) is 9.88. The first kappa shape index (κ1) is 13.0. The number of ether oxygens (including phenoxy) is 2. The Bertz CT molecular complexity index is 530. The maximum atomic E-state index is 6.06. The second-order valence-corrected chi connectivity index (χ2v) is 5.15. The highest BCUT2D eigenvalue weighted by molar-refractivity contribution is 5.76. The van der Waals surface area contributed by atoms with E-state index >= 15 is 0 Å². The molecule has 0 bridgehead atoms. The molecule has 2 aromatic carbocycles. The van der Waals surface area contributed by atoms with E-state index in [2.05, 4.69) is 19.1 Å². The average Bonchev–Trinajstić information content (AvgIpc) is 2.64. The highest BCUT2D eigenvalue weighted by Crippen LogP contribution is 2.40. The van der Waals surface area contributed by atoms with Crippen LogP contribution in [0, 0.1) is 0 Å². The van der Waals surface area contributed by atoms with Crippen LogP contribution < -0.4 is 9.47 Å². The minimum absolute atomic E-state index is 0.189. The standard InChI is InChI=1S/C18H20O2/c1-2-3-4-13-18-19-16-11-7-5-9-14(16)15-10-6-8-12-17(15)20-18/h5-12,18H,2-4,13H2,1H3. The van der Waals surface area contributed by atoms with Gasteiger partial charge < -0.3 is 9.47 Å². The van der Waals surface area contributed by atoms with Gasteiger partial charge in [0.05, 0.1) is 0 Å². The molecule has 0 aromatic heterocycles. The topological polar surface area (TPSA) is 18.5 Å². The molecule has 0 saturated heterocycles. The molecule has 1 heterocycles. The second kappa shape index (κ2) is 6.00. The fourth-order valence-corrected chi connectivity index (χ4v) is 2.57. The van der Waals surface area contributed by atoms with Crippen LogP contribution in [0.1, 0.15) is 32.6 Å². The highest BCUT2D eigenvalue weighted by Gasteiger charge is 2.22. The Morgan fingerprint density at radius 3 is 1.90 bits per heavy atom. The van der Waals surface area contributed by atoms with Crippen LogP contribution in [0.4, 0.5) is 0 Å². The Hall–Kier alpha value is -1.96. The summed E-state index contributed by atoms with van der Waals surface area (Å²) in [6.07, 6.45) is 4.29. The molecule has 3 rings (SSSR count). The lowest BCUT2D eigenvalue weighted by molar-refractivity contribution is 0.00124. The summed E-state index contributed by atoms with van der Waals surface area (Å²) < 4.78 is 12.1. The molecule has 0 unspecified atom stereocenters. The van der Waals surface area contributed by atoms with Crippen LogP contribution in [-0.2, 0) is 0 Å². The van der Waals surface area contributed by atoms with Crippen molar-refractivity contribution in [3.8, 4) is 22.6 Å². The van der Waals surface area contributed by atoms with E-state index in [1.807, 2.05) is 36.4 Å². The normalized spacial score (nSPS) is 13.7. The fourth-order valence-electron chi connectivity index (χ4n) is 2.57. The van der Waals surface area contributed by atoms with Crippen LogP contribution >= 0.6 is 0 Å². The highest BCUT2D eigenvalue weighted by atomic mass is 16.7. The molecule has 0 N–H and O–H groups in total. The minimum Gasteiger partial charge on any atom is -0.454 e. The van der Waals surface area contributed by atoms with Crippen molar-refractivity contribution in [3.63, 3.8) is 0 Å². The van der Waals surface area contributed by atoms with Crippen molar-refractivity contribution in [2.24, 2.45) is 0 Å². The van der Waals surface area contributed by atoms with E-state index in [1.165, 1.54) is 12.8 Å². The maximum Gasteiger partial charge on any atom is 0.241 e. The van der Waals surface area contributed by atoms with E-state index in [-0.39, 0.29) is 6.29 Å². The van der Waals surface area contributed by atoms with Crippen molar-refractivity contribution in [1.29, 1.82) is 0 Å². The lowest BCUT2D eigenvalue weighted by Crippen LogP contribution is -2.23. The third kappa shape index (κ3) is 2.64. The van der Waals surface area contributed by atoms with Crippen LogP contribution in [0.2, 0.25) is 0 Å². The third-order valence-corrected chi connectivity index (χ3v) is 3.62. The molecule has 20 heavy (non-hydrogen) atoms. The van der Waals surface area contributed by atoms with Crippen LogP contribution in [0.3, 0.4) is 0 Å². The largest absolute Gasteiger partial charge is 0.454 e. The molecule has 104 valence electrons. The molecular weight excluding hydrogens is 248 g/mol. The van der Waals surface area contributed by atoms with E-state index in [1.54, 1.807) is 0 Å². The van der Waals surface area contributed by atoms with E-state index in [0.717, 1.165) is 35.5 Å². The second-order valence-electron chi connectivity index (χ2n) is 5.15. The number of unbranched alkanes of at least 4 members (excludes halogenated alkanes) is 2. The van der Waals surface area contributed by atoms with Crippen LogP contribution in [0.5, 0.6) is 11.5 Å². The maximum absolute atomic E-state index is 6.06. The van der Waals surface area contributed by atoms with Gasteiger partial charge in [-0.15, -0.1) is 0 Å². The molecule has 1 aliphatic rings. The van der Waals surface area contributed by atoms with Gasteiger partial charge in [-0.1, -0.05) is 56.2 Å². The van der Waals surface area contributed by atoms with Crippen molar-refractivity contribution in [1.82, 2.24) is 0 Å². The van der Waals surface area contributed by atoms with E-state index < -0.39 is 0 Å². The number of benzene rings is 2. The molecule has 0 radical (unpaired) electrons. The first-order valence-corrected chi connectivity index (χ1v) is 7.40. The van der Waals surface area contributed by atoms with Crippen LogP contribution in [0.25, 0.3) is 11.1 Å². The summed E-state index contributed by atoms with van der Waals surface area (Å²) >= 11 is 0. The quantitative estimate of drug-likeness (QED) is 0.724. The molecule has 0 saturated carbocycles. The molecule has 2 aromatic rings. The minimum atomic E-state index is -0.189. The molecule has 0 aliphatic carbocycles. The van der Waals surface area contributed by atoms with Gasteiger partial charge in [-0.25, -0.2) is 0 Å². The van der Waals surface area contributed by atoms with Gasteiger partial charge in [0.25, 0.3) is 0 Å². The van der Waals surface area contributed by atoms with Gasteiger partial charge in [-0.3, -0.25) is 0 Å². The number of fused-ring (bicyclic) bond motifs is 3. The molecule has 0 amide bonds.